The number of nitrogens with one attached hydrogen (secondary N) is 2. The second-order valence-corrected chi connectivity index (χ2v) is 15.1. The van der Waals surface area contributed by atoms with Crippen molar-refractivity contribution in [2.45, 2.75) is 105 Å². The first-order valence-electron chi connectivity index (χ1n) is 16.0. The molecule has 47 heavy (non-hydrogen) atoms. The summed E-state index contributed by atoms with van der Waals surface area (Å²) >= 11 is 0. The molecule has 2 unspecified atom stereocenters. The van der Waals surface area contributed by atoms with Crippen molar-refractivity contribution in [1.29, 1.82) is 0 Å². The molecule has 0 radical (unpaired) electrons. The number of para-hydroxylation sites is 2. The van der Waals surface area contributed by atoms with Gasteiger partial charge in [0.05, 0.1) is 0 Å². The Bertz CT molecular complexity index is 1330. The quantitative estimate of drug-likeness (QED) is 0.407. The van der Waals surface area contributed by atoms with Gasteiger partial charge in [-0.1, -0.05) is 76.9 Å². The minimum Gasteiger partial charge on any atom is -1.00 e. The van der Waals surface area contributed by atoms with Crippen molar-refractivity contribution in [2.75, 3.05) is 38.8 Å². The monoisotopic (exact) mass is 754 g/mol. The number of nitrogens with zero attached hydrogens (tertiary/aromatic N) is 2. The minimum absolute atomic E-state index is 0. The molecular weight excluding hydrogens is 699 g/mol. The summed E-state index contributed by atoms with van der Waals surface area (Å²) in [5.41, 5.74) is 13.5. The van der Waals surface area contributed by atoms with Gasteiger partial charge in [-0.2, -0.15) is 22.3 Å². The van der Waals surface area contributed by atoms with Crippen LogP contribution in [0.15, 0.2) is 82.0 Å². The molecule has 0 spiro atoms. The summed E-state index contributed by atoms with van der Waals surface area (Å²) < 4.78 is 0. The molecular formula is C40H58Cl2N4Zr. The van der Waals surface area contributed by atoms with Gasteiger partial charge in [-0.25, -0.2) is 23.3 Å². The van der Waals surface area contributed by atoms with E-state index in [0.717, 1.165) is 12.8 Å². The molecule has 0 saturated heterocycles. The average molecular weight is 757 g/mol. The summed E-state index contributed by atoms with van der Waals surface area (Å²) in [7, 11) is 8.59. The fourth-order valence-electron chi connectivity index (χ4n) is 6.49. The third-order valence-corrected chi connectivity index (χ3v) is 8.06. The van der Waals surface area contributed by atoms with Crippen molar-refractivity contribution in [1.82, 2.24) is 9.80 Å². The zero-order valence-corrected chi connectivity index (χ0v) is 35.3. The van der Waals surface area contributed by atoms with Crippen LogP contribution in [0.4, 0.5) is 11.4 Å². The van der Waals surface area contributed by atoms with E-state index in [4.69, 9.17) is 0 Å². The molecule has 7 heteroatoms. The standard InChI is InChI=1S/2C20H29N2.2ClH.Zr/c2*1-14-12-15(2)19(22(6)7)17(14)13-16-10-8-9-11-18(16)21-20(3,4)5;;;/h2*8-11,19,21H,13H2,1-7H3;2*1H;/q2*-1;;;+4/p-2. The predicted molar refractivity (Wildman–Crippen MR) is 192 cm³/mol. The first-order valence-corrected chi connectivity index (χ1v) is 16.0. The smallest absolute Gasteiger partial charge is 1.00 e. The molecule has 0 saturated carbocycles. The number of rotatable bonds is 8. The van der Waals surface area contributed by atoms with E-state index in [9.17, 15) is 0 Å². The molecule has 0 bridgehead atoms. The summed E-state index contributed by atoms with van der Waals surface area (Å²) in [4.78, 5) is 4.57. The number of anilines is 2. The summed E-state index contributed by atoms with van der Waals surface area (Å²) in [5.74, 6) is 0. The normalized spacial score (nSPS) is 17.7. The number of hydrogen-bond donors (Lipinski definition) is 2. The third kappa shape index (κ3) is 13.0. The minimum atomic E-state index is 0. The van der Waals surface area contributed by atoms with Gasteiger partial charge in [0.1, 0.15) is 0 Å². The van der Waals surface area contributed by atoms with Crippen LogP contribution in [0.25, 0.3) is 0 Å². The molecule has 0 aromatic heterocycles. The van der Waals surface area contributed by atoms with E-state index in [2.05, 4.69) is 179 Å². The maximum absolute atomic E-state index is 3.63. The van der Waals surface area contributed by atoms with Crippen LogP contribution in [-0.2, 0) is 39.0 Å². The molecule has 0 fully saturated rings. The van der Waals surface area contributed by atoms with Crippen LogP contribution < -0.4 is 35.4 Å². The fourth-order valence-corrected chi connectivity index (χ4v) is 6.49. The van der Waals surface area contributed by atoms with Gasteiger partial charge in [-0.3, -0.25) is 0 Å². The third-order valence-electron chi connectivity index (χ3n) is 8.06. The van der Waals surface area contributed by atoms with Crippen molar-refractivity contribution in [3.05, 3.63) is 105 Å². The zero-order valence-electron chi connectivity index (χ0n) is 31.3. The van der Waals surface area contributed by atoms with Crippen LogP contribution in [0.3, 0.4) is 0 Å². The second kappa shape index (κ2) is 19.0. The maximum Gasteiger partial charge on any atom is 4.00 e. The Morgan fingerprint density at radius 1 is 0.574 bits per heavy atom. The molecule has 2 aromatic rings. The SMILES string of the molecule is CC1=[C-]C(C)=C(Cc2ccccc2NC(C)(C)C)C1N(C)C.CC1=[C-]C(C)=C(Cc2ccccc2NC(C)(C)C)C1N(C)C.[Cl-].[Cl-].[Zr+4]. The molecule has 2 N–H and O–H groups in total. The van der Waals surface area contributed by atoms with Gasteiger partial charge >= 0.3 is 26.2 Å². The van der Waals surface area contributed by atoms with Gasteiger partial charge in [0.25, 0.3) is 0 Å². The summed E-state index contributed by atoms with van der Waals surface area (Å²) in [6.45, 7) is 21.9. The van der Waals surface area contributed by atoms with Crippen molar-refractivity contribution in [3.63, 3.8) is 0 Å². The van der Waals surface area contributed by atoms with Crippen molar-refractivity contribution >= 4 is 11.4 Å². The number of halogens is 2. The molecule has 2 atom stereocenters. The van der Waals surface area contributed by atoms with E-state index >= 15 is 0 Å². The Morgan fingerprint density at radius 2 is 0.872 bits per heavy atom. The van der Waals surface area contributed by atoms with Gasteiger partial charge < -0.3 is 45.2 Å². The Labute approximate surface area is 319 Å². The maximum atomic E-state index is 3.63. The Morgan fingerprint density at radius 3 is 1.15 bits per heavy atom. The number of likely N-dealkylation sites (N-methyl/N-ethyl adjacent to an activating group) is 2. The Hall–Kier alpha value is -1.62. The van der Waals surface area contributed by atoms with Crippen LogP contribution in [0.2, 0.25) is 0 Å². The van der Waals surface area contributed by atoms with Gasteiger partial charge in [0, 0.05) is 22.5 Å². The number of benzene rings is 2. The van der Waals surface area contributed by atoms with Crippen LogP contribution in [-0.4, -0.2) is 61.2 Å². The van der Waals surface area contributed by atoms with E-state index in [1.807, 2.05) is 0 Å². The fraction of sp³-hybridized carbons (Fsp3) is 0.500. The van der Waals surface area contributed by atoms with Crippen LogP contribution in [0.5, 0.6) is 0 Å². The van der Waals surface area contributed by atoms with E-state index in [-0.39, 0.29) is 62.1 Å². The predicted octanol–water partition coefficient (Wildman–Crippen LogP) is 2.90. The summed E-state index contributed by atoms with van der Waals surface area (Å²) in [6, 6.07) is 18.0. The second-order valence-electron chi connectivity index (χ2n) is 15.1. The Balaban J connectivity index is 0.000000846. The molecule has 4 nitrogen and oxygen atoms in total. The molecule has 0 aliphatic heterocycles. The summed E-state index contributed by atoms with van der Waals surface area (Å²) in [5, 5.41) is 7.26. The van der Waals surface area contributed by atoms with E-state index in [1.165, 1.54) is 55.9 Å². The van der Waals surface area contributed by atoms with Gasteiger partial charge in [-0.15, -0.1) is 0 Å². The van der Waals surface area contributed by atoms with Crippen LogP contribution in [0, 0.1) is 12.2 Å². The molecule has 2 aliphatic carbocycles. The molecule has 2 aromatic carbocycles. The van der Waals surface area contributed by atoms with E-state index in [1.54, 1.807) is 0 Å². The first kappa shape index (κ1) is 45.4. The largest absolute Gasteiger partial charge is 4.00 e. The Kier molecular flexibility index (Phi) is 18.3. The van der Waals surface area contributed by atoms with Gasteiger partial charge in [0.15, 0.2) is 0 Å². The van der Waals surface area contributed by atoms with Gasteiger partial charge in [-0.05, 0) is 105 Å². The molecule has 0 heterocycles. The molecule has 0 amide bonds. The average Bonchev–Trinajstić information content (AvgIpc) is 3.32. The van der Waals surface area contributed by atoms with Gasteiger partial charge in [0.2, 0.25) is 0 Å². The van der Waals surface area contributed by atoms with E-state index < -0.39 is 0 Å². The van der Waals surface area contributed by atoms with Crippen LogP contribution in [0.1, 0.15) is 80.4 Å². The summed E-state index contributed by atoms with van der Waals surface area (Å²) in [6.07, 6.45) is 8.98. The van der Waals surface area contributed by atoms with Crippen molar-refractivity contribution in [3.8, 4) is 0 Å². The molecule has 2 aliphatic rings. The number of allylic oxidation sites excluding steroid dienone is 4. The molecule has 4 rings (SSSR count). The van der Waals surface area contributed by atoms with Crippen molar-refractivity contribution in [2.24, 2.45) is 0 Å². The first-order chi connectivity index (χ1) is 20.4. The molecule has 256 valence electrons. The topological polar surface area (TPSA) is 30.5 Å². The number of hydrogen-bond acceptors (Lipinski definition) is 4. The van der Waals surface area contributed by atoms with E-state index in [0.29, 0.717) is 12.1 Å². The van der Waals surface area contributed by atoms with Crippen molar-refractivity contribution < 1.29 is 51.0 Å². The van der Waals surface area contributed by atoms with Crippen LogP contribution >= 0.6 is 0 Å². The zero-order chi connectivity index (χ0) is 33.0.